The third kappa shape index (κ3) is 3.99. The summed E-state index contributed by atoms with van der Waals surface area (Å²) in [5, 5.41) is 39.9. The molecule has 7 nitrogen and oxygen atoms in total. The van der Waals surface area contributed by atoms with Crippen molar-refractivity contribution in [1.29, 1.82) is 0 Å². The van der Waals surface area contributed by atoms with E-state index in [-0.39, 0.29) is 12.2 Å². The zero-order chi connectivity index (χ0) is 18.8. The molecular weight excluding hydrogens is 364 g/mol. The van der Waals surface area contributed by atoms with Gasteiger partial charge in [-0.25, -0.2) is 0 Å². The second-order valence-corrected chi connectivity index (χ2v) is 7.26. The van der Waals surface area contributed by atoms with E-state index in [1.54, 1.807) is 25.3 Å². The Bertz CT molecular complexity index is 611. The smallest absolute Gasteiger partial charge is 0.138 e. The van der Waals surface area contributed by atoms with E-state index in [4.69, 9.17) is 25.8 Å². The molecule has 0 bridgehead atoms. The van der Waals surface area contributed by atoms with E-state index in [9.17, 15) is 20.4 Å². The van der Waals surface area contributed by atoms with Gasteiger partial charge in [-0.3, -0.25) is 0 Å². The topological polar surface area (TPSA) is 109 Å². The molecule has 0 radical (unpaired) electrons. The molecule has 7 atom stereocenters. The van der Waals surface area contributed by atoms with E-state index in [0.29, 0.717) is 16.3 Å². The normalized spacial score (nSPS) is 37.7. The highest BCUT2D eigenvalue weighted by Crippen LogP contribution is 2.37. The van der Waals surface area contributed by atoms with Crippen LogP contribution < -0.4 is 4.74 Å². The molecule has 1 aliphatic carbocycles. The minimum atomic E-state index is -1.43. The van der Waals surface area contributed by atoms with Crippen molar-refractivity contribution in [1.82, 2.24) is 0 Å². The van der Waals surface area contributed by atoms with E-state index < -0.39 is 37.1 Å². The molecule has 1 aliphatic heterocycles. The lowest BCUT2D eigenvalue weighted by molar-refractivity contribution is -0.231. The van der Waals surface area contributed by atoms with Crippen molar-refractivity contribution in [2.75, 3.05) is 13.7 Å². The third-order valence-corrected chi connectivity index (χ3v) is 5.45. The van der Waals surface area contributed by atoms with Gasteiger partial charge < -0.3 is 34.6 Å². The molecule has 1 aromatic rings. The zero-order valence-corrected chi connectivity index (χ0v) is 15.2. The van der Waals surface area contributed by atoms with Gasteiger partial charge in [0.25, 0.3) is 0 Å². The van der Waals surface area contributed by atoms with Crippen molar-refractivity contribution in [2.24, 2.45) is 0 Å². The number of halogens is 1. The summed E-state index contributed by atoms with van der Waals surface area (Å²) in [6.45, 7) is -0.473. The first-order valence-electron chi connectivity index (χ1n) is 8.74. The fourth-order valence-electron chi connectivity index (χ4n) is 3.57. The Morgan fingerprint density at radius 1 is 1.12 bits per heavy atom. The van der Waals surface area contributed by atoms with Crippen LogP contribution in [0.2, 0.25) is 5.02 Å². The predicted octanol–water partition coefficient (Wildman–Crippen LogP) is 0.801. The number of methoxy groups -OCH3 is 1. The van der Waals surface area contributed by atoms with Gasteiger partial charge in [0.15, 0.2) is 0 Å². The molecule has 2 aliphatic rings. The van der Waals surface area contributed by atoms with Crippen molar-refractivity contribution < 1.29 is 34.6 Å². The highest BCUT2D eigenvalue weighted by Gasteiger charge is 2.44. The lowest BCUT2D eigenvalue weighted by Gasteiger charge is -2.40. The third-order valence-electron chi connectivity index (χ3n) is 5.14. The maximum atomic E-state index is 10.3. The molecule has 3 rings (SSSR count). The number of hydrogen-bond donors (Lipinski definition) is 4. The van der Waals surface area contributed by atoms with Gasteiger partial charge in [-0.05, 0) is 30.5 Å². The molecule has 2 unspecified atom stereocenters. The van der Waals surface area contributed by atoms with E-state index in [1.807, 2.05) is 0 Å². The van der Waals surface area contributed by atoms with Crippen molar-refractivity contribution in [3.05, 3.63) is 28.8 Å². The summed E-state index contributed by atoms with van der Waals surface area (Å²) in [6.07, 6.45) is -3.32. The average Bonchev–Trinajstić information content (AvgIpc) is 3.10. The van der Waals surface area contributed by atoms with Crippen LogP contribution in [0.4, 0.5) is 0 Å². The fraction of sp³-hybridized carbons (Fsp3) is 0.667. The lowest BCUT2D eigenvalue weighted by atomic mass is 9.91. The summed E-state index contributed by atoms with van der Waals surface area (Å²) >= 11 is 6.24. The molecule has 146 valence electrons. The minimum absolute atomic E-state index is 0.0116. The Balaban J connectivity index is 1.78. The van der Waals surface area contributed by atoms with Crippen LogP contribution in [-0.2, 0) is 9.47 Å². The van der Waals surface area contributed by atoms with Crippen LogP contribution in [0.25, 0.3) is 0 Å². The molecule has 1 saturated carbocycles. The highest BCUT2D eigenvalue weighted by atomic mass is 35.5. The molecule has 0 spiro atoms. The molecule has 8 heteroatoms. The Morgan fingerprint density at radius 3 is 2.50 bits per heavy atom. The van der Waals surface area contributed by atoms with Crippen molar-refractivity contribution >= 4 is 11.6 Å². The van der Waals surface area contributed by atoms with Crippen LogP contribution in [0.15, 0.2) is 18.2 Å². The summed E-state index contributed by atoms with van der Waals surface area (Å²) in [7, 11) is 1.68. The summed E-state index contributed by atoms with van der Waals surface area (Å²) in [6, 6.07) is 4.96. The first-order valence-corrected chi connectivity index (χ1v) is 9.11. The predicted molar refractivity (Wildman–Crippen MR) is 93.2 cm³/mol. The maximum absolute atomic E-state index is 10.3. The zero-order valence-electron chi connectivity index (χ0n) is 14.5. The first kappa shape index (κ1) is 19.8. The quantitative estimate of drug-likeness (QED) is 0.590. The van der Waals surface area contributed by atoms with E-state index in [1.165, 1.54) is 0 Å². The Labute approximate surface area is 157 Å². The van der Waals surface area contributed by atoms with E-state index >= 15 is 0 Å². The van der Waals surface area contributed by atoms with Gasteiger partial charge >= 0.3 is 0 Å². The fourth-order valence-corrected chi connectivity index (χ4v) is 3.73. The SMILES string of the molecule is COC1CCC(Oc2cc([C@@H]3O[C@H](CO)[C@@H](O)[C@H](O)[C@H]3O)ccc2Cl)C1. The Hall–Kier alpha value is -0.930. The number of rotatable bonds is 5. The second kappa shape index (κ2) is 8.39. The molecule has 26 heavy (non-hydrogen) atoms. The monoisotopic (exact) mass is 388 g/mol. The number of hydrogen-bond acceptors (Lipinski definition) is 7. The second-order valence-electron chi connectivity index (χ2n) is 6.85. The highest BCUT2D eigenvalue weighted by molar-refractivity contribution is 6.32. The molecule has 0 amide bonds. The molecule has 1 saturated heterocycles. The summed E-state index contributed by atoms with van der Waals surface area (Å²) < 4.78 is 16.9. The van der Waals surface area contributed by atoms with Crippen LogP contribution in [0.5, 0.6) is 5.75 Å². The van der Waals surface area contributed by atoms with E-state index in [0.717, 1.165) is 19.3 Å². The molecule has 0 aromatic heterocycles. The molecule has 1 aromatic carbocycles. The minimum Gasteiger partial charge on any atom is -0.489 e. The van der Waals surface area contributed by atoms with Crippen LogP contribution in [-0.4, -0.2) is 70.8 Å². The number of aliphatic hydroxyl groups excluding tert-OH is 4. The summed E-state index contributed by atoms with van der Waals surface area (Å²) in [4.78, 5) is 0. The largest absolute Gasteiger partial charge is 0.489 e. The van der Waals surface area contributed by atoms with Crippen molar-refractivity contribution in [3.8, 4) is 5.75 Å². The number of benzene rings is 1. The van der Waals surface area contributed by atoms with Crippen molar-refractivity contribution in [2.45, 2.75) is 62.0 Å². The van der Waals surface area contributed by atoms with Gasteiger partial charge in [-0.1, -0.05) is 17.7 Å². The van der Waals surface area contributed by atoms with Gasteiger partial charge in [0, 0.05) is 13.5 Å². The summed E-state index contributed by atoms with van der Waals surface area (Å²) in [5.41, 5.74) is 0.544. The molecule has 1 heterocycles. The lowest BCUT2D eigenvalue weighted by Crippen LogP contribution is -2.55. The molecule has 2 fully saturated rings. The van der Waals surface area contributed by atoms with Gasteiger partial charge in [0.05, 0.1) is 17.7 Å². The van der Waals surface area contributed by atoms with Crippen molar-refractivity contribution in [3.63, 3.8) is 0 Å². The van der Waals surface area contributed by atoms with Gasteiger partial charge in [0.2, 0.25) is 0 Å². The maximum Gasteiger partial charge on any atom is 0.138 e. The van der Waals surface area contributed by atoms with Crippen LogP contribution in [0.1, 0.15) is 30.9 Å². The standard InChI is InChI=1S/C18H25ClO7/c1-24-10-3-4-11(7-10)25-13-6-9(2-5-12(13)19)18-17(23)16(22)15(21)14(8-20)26-18/h2,5-6,10-11,14-18,20-23H,3-4,7-8H2,1H3/t10?,11?,14-,15-,16+,17-,18+/m1/s1. The molecular formula is C18H25ClO7. The Kier molecular flexibility index (Phi) is 6.40. The number of ether oxygens (including phenoxy) is 3. The summed E-state index contributed by atoms with van der Waals surface area (Å²) in [5.74, 6) is 0.461. The Morgan fingerprint density at radius 2 is 1.85 bits per heavy atom. The van der Waals surface area contributed by atoms with Crippen LogP contribution in [0.3, 0.4) is 0 Å². The van der Waals surface area contributed by atoms with Gasteiger partial charge in [0.1, 0.15) is 42.4 Å². The van der Waals surface area contributed by atoms with Gasteiger partial charge in [-0.2, -0.15) is 0 Å². The molecule has 4 N–H and O–H groups in total. The first-order chi connectivity index (χ1) is 12.4. The van der Waals surface area contributed by atoms with Crippen LogP contribution in [0, 0.1) is 0 Å². The number of aliphatic hydroxyl groups is 4. The van der Waals surface area contributed by atoms with Crippen LogP contribution >= 0.6 is 11.6 Å². The van der Waals surface area contributed by atoms with E-state index in [2.05, 4.69) is 0 Å². The average molecular weight is 389 g/mol. The van der Waals surface area contributed by atoms with Gasteiger partial charge in [-0.15, -0.1) is 0 Å².